The first-order chi connectivity index (χ1) is 17.6. The second-order valence-electron chi connectivity index (χ2n) is 11.7. The summed E-state index contributed by atoms with van der Waals surface area (Å²) in [4.78, 5) is 42.0. The summed E-state index contributed by atoms with van der Waals surface area (Å²) in [5.74, 6) is -0.901. The lowest BCUT2D eigenvalue weighted by Gasteiger charge is -2.41. The number of piperidine rings is 1. The Hall–Kier alpha value is -3.22. The highest BCUT2D eigenvalue weighted by atomic mass is 16.5. The van der Waals surface area contributed by atoms with Crippen molar-refractivity contribution in [3.63, 3.8) is 0 Å². The zero-order chi connectivity index (χ0) is 26.8. The fourth-order valence-electron chi connectivity index (χ4n) is 5.70. The molecule has 1 aromatic carbocycles. The minimum absolute atomic E-state index is 0.00260. The molecule has 2 aromatic rings. The molecule has 1 aliphatic heterocycles. The number of hydrogen-bond acceptors (Lipinski definition) is 5. The van der Waals surface area contributed by atoms with Crippen LogP contribution in [-0.2, 0) is 15.0 Å². The van der Waals surface area contributed by atoms with Gasteiger partial charge >= 0.3 is 0 Å². The van der Waals surface area contributed by atoms with Crippen molar-refractivity contribution < 1.29 is 18.9 Å². The normalized spacial score (nSPS) is 18.8. The van der Waals surface area contributed by atoms with E-state index in [-0.39, 0.29) is 35.2 Å². The number of aromatic nitrogens is 1. The van der Waals surface area contributed by atoms with Crippen LogP contribution in [0.15, 0.2) is 47.1 Å². The van der Waals surface area contributed by atoms with Gasteiger partial charge in [0.2, 0.25) is 11.7 Å². The summed E-state index contributed by atoms with van der Waals surface area (Å²) < 4.78 is 4.97. The highest BCUT2D eigenvalue weighted by Gasteiger charge is 2.42. The van der Waals surface area contributed by atoms with Crippen LogP contribution in [0.2, 0.25) is 0 Å². The Kier molecular flexibility index (Phi) is 7.72. The van der Waals surface area contributed by atoms with Crippen LogP contribution in [0.5, 0.6) is 0 Å². The number of hydrogen-bond donors (Lipinski definition) is 1. The molecule has 7 heteroatoms. The molecule has 1 N–H and O–H groups in total. The third-order valence-electron chi connectivity index (χ3n) is 8.24. The summed E-state index contributed by atoms with van der Waals surface area (Å²) in [7, 11) is 0. The fourth-order valence-corrected chi connectivity index (χ4v) is 5.70. The first-order valence-corrected chi connectivity index (χ1v) is 13.4. The molecule has 4 rings (SSSR count). The number of nitrogens with one attached hydrogen (secondary N) is 1. The van der Waals surface area contributed by atoms with Gasteiger partial charge in [0.1, 0.15) is 0 Å². The van der Waals surface area contributed by atoms with Crippen molar-refractivity contribution >= 4 is 23.7 Å². The van der Waals surface area contributed by atoms with Gasteiger partial charge in [-0.25, -0.2) is 0 Å². The van der Waals surface area contributed by atoms with E-state index in [9.17, 15) is 14.4 Å². The molecule has 2 heterocycles. The Balaban J connectivity index is 1.46. The van der Waals surface area contributed by atoms with E-state index in [1.807, 2.05) is 39.5 Å². The van der Waals surface area contributed by atoms with Crippen molar-refractivity contribution in [3.8, 4) is 0 Å². The lowest BCUT2D eigenvalue weighted by atomic mass is 9.74. The summed E-state index contributed by atoms with van der Waals surface area (Å²) in [5.41, 5.74) is 2.09. The highest BCUT2D eigenvalue weighted by molar-refractivity contribution is 5.97. The topological polar surface area (TPSA) is 92.5 Å². The third kappa shape index (κ3) is 5.55. The number of allylic oxidation sites excluding steroid dienone is 1. The molecule has 7 nitrogen and oxygen atoms in total. The van der Waals surface area contributed by atoms with Gasteiger partial charge in [-0.3, -0.25) is 14.4 Å². The summed E-state index contributed by atoms with van der Waals surface area (Å²) in [6.45, 7) is 11.2. The Labute approximate surface area is 219 Å². The summed E-state index contributed by atoms with van der Waals surface area (Å²) in [6.07, 6.45) is 8.55. The molecule has 2 amide bonds. The Bertz CT molecular complexity index is 1150. The number of Topliss-reactive ketones (excluding diaryl/α,β-unsaturated/α-hetero) is 1. The van der Waals surface area contributed by atoms with Crippen molar-refractivity contribution in [2.24, 2.45) is 17.3 Å². The van der Waals surface area contributed by atoms with Gasteiger partial charge in [0.25, 0.3) is 5.91 Å². The number of ketones is 1. The molecule has 1 aromatic heterocycles. The lowest BCUT2D eigenvalue weighted by Crippen LogP contribution is -2.51. The van der Waals surface area contributed by atoms with Crippen LogP contribution < -0.4 is 5.32 Å². The van der Waals surface area contributed by atoms with Crippen molar-refractivity contribution in [2.75, 3.05) is 13.1 Å². The van der Waals surface area contributed by atoms with Crippen LogP contribution in [0, 0.1) is 17.3 Å². The maximum absolute atomic E-state index is 13.8. The van der Waals surface area contributed by atoms with Crippen LogP contribution in [0.3, 0.4) is 0 Å². The highest BCUT2D eigenvalue weighted by Crippen LogP contribution is 2.44. The van der Waals surface area contributed by atoms with Crippen LogP contribution >= 0.6 is 0 Å². The van der Waals surface area contributed by atoms with E-state index in [0.29, 0.717) is 13.1 Å². The zero-order valence-corrected chi connectivity index (χ0v) is 22.6. The average Bonchev–Trinajstić information content (AvgIpc) is 3.54. The lowest BCUT2D eigenvalue weighted by molar-refractivity contribution is -0.142. The van der Waals surface area contributed by atoms with Crippen LogP contribution in [0.25, 0.3) is 6.08 Å². The molecule has 0 bridgehead atoms. The molecule has 37 heavy (non-hydrogen) atoms. The molecule has 1 fully saturated rings. The van der Waals surface area contributed by atoms with Gasteiger partial charge < -0.3 is 14.7 Å². The van der Waals surface area contributed by atoms with Crippen molar-refractivity contribution in [1.82, 2.24) is 15.4 Å². The SMILES string of the molecule is CC[C@H](C)[C@H](CC(=O)[C@@H](NC(=O)c1ccno1)C(C)(C)C)C(=O)N1CCC2(C=Cc3ccccc32)CC1. The maximum Gasteiger partial charge on any atom is 0.290 e. The first kappa shape index (κ1) is 26.8. The quantitative estimate of drug-likeness (QED) is 0.543. The number of fused-ring (bicyclic) bond motifs is 2. The fraction of sp³-hybridized carbons (Fsp3) is 0.533. The molecule has 0 radical (unpaired) electrons. The van der Waals surface area contributed by atoms with Crippen LogP contribution in [0.1, 0.15) is 82.0 Å². The second kappa shape index (κ2) is 10.6. The van der Waals surface area contributed by atoms with Crippen molar-refractivity contribution in [1.29, 1.82) is 0 Å². The zero-order valence-electron chi connectivity index (χ0n) is 22.6. The van der Waals surface area contributed by atoms with Gasteiger partial charge in [-0.1, -0.05) is 82.6 Å². The number of likely N-dealkylation sites (tertiary alicyclic amines) is 1. The molecule has 3 atom stereocenters. The molecule has 1 aliphatic carbocycles. The van der Waals surface area contributed by atoms with E-state index in [0.717, 1.165) is 19.3 Å². The van der Waals surface area contributed by atoms with Crippen LogP contribution in [-0.4, -0.2) is 46.8 Å². The standard InChI is InChI=1S/C30H39N3O4/c1-6-20(2)22(19-24(34)26(29(3,4)5)32-27(35)25-12-16-31-37-25)28(36)33-17-14-30(15-18-33)13-11-21-9-7-8-10-23(21)30/h7-13,16,20,22,26H,6,14-15,17-19H2,1-5H3,(H,32,35)/t20-,22-,26+/m0/s1. The number of amides is 2. The third-order valence-corrected chi connectivity index (χ3v) is 8.24. The molecule has 198 valence electrons. The smallest absolute Gasteiger partial charge is 0.290 e. The van der Waals surface area contributed by atoms with E-state index >= 15 is 0 Å². The summed E-state index contributed by atoms with van der Waals surface area (Å²) in [5, 5.41) is 6.41. The van der Waals surface area contributed by atoms with Crippen LogP contribution in [0.4, 0.5) is 0 Å². The molecular weight excluding hydrogens is 466 g/mol. The Morgan fingerprint density at radius 3 is 2.46 bits per heavy atom. The van der Waals surface area contributed by atoms with E-state index in [1.54, 1.807) is 0 Å². The number of nitrogens with zero attached hydrogens (tertiary/aromatic N) is 2. The van der Waals surface area contributed by atoms with Gasteiger partial charge in [-0.2, -0.15) is 0 Å². The first-order valence-electron chi connectivity index (χ1n) is 13.4. The molecule has 2 aliphatic rings. The van der Waals surface area contributed by atoms with Gasteiger partial charge in [0, 0.05) is 36.9 Å². The Morgan fingerprint density at radius 1 is 1.14 bits per heavy atom. The average molecular weight is 506 g/mol. The van der Waals surface area contributed by atoms with E-state index in [2.05, 4.69) is 46.9 Å². The van der Waals surface area contributed by atoms with Gasteiger partial charge in [-0.05, 0) is 35.3 Å². The number of benzene rings is 1. The Morgan fingerprint density at radius 2 is 1.84 bits per heavy atom. The molecule has 0 unspecified atom stereocenters. The van der Waals surface area contributed by atoms with Gasteiger partial charge in [0.05, 0.1) is 12.2 Å². The minimum atomic E-state index is -0.755. The maximum atomic E-state index is 13.8. The van der Waals surface area contributed by atoms with E-state index < -0.39 is 23.3 Å². The predicted octanol–water partition coefficient (Wildman–Crippen LogP) is 5.03. The van der Waals surface area contributed by atoms with Gasteiger partial charge in [-0.15, -0.1) is 0 Å². The monoisotopic (exact) mass is 505 g/mol. The van der Waals surface area contributed by atoms with Gasteiger partial charge in [0.15, 0.2) is 5.78 Å². The largest absolute Gasteiger partial charge is 0.351 e. The minimum Gasteiger partial charge on any atom is -0.351 e. The van der Waals surface area contributed by atoms with Crippen molar-refractivity contribution in [2.45, 2.75) is 71.8 Å². The summed E-state index contributed by atoms with van der Waals surface area (Å²) in [6, 6.07) is 9.21. The van der Waals surface area contributed by atoms with E-state index in [1.165, 1.54) is 23.4 Å². The van der Waals surface area contributed by atoms with E-state index in [4.69, 9.17) is 4.52 Å². The number of carbonyl (C=O) groups is 3. The molecule has 0 saturated carbocycles. The molecular formula is C30H39N3O4. The molecule has 1 saturated heterocycles. The van der Waals surface area contributed by atoms with Crippen molar-refractivity contribution in [3.05, 3.63) is 59.5 Å². The number of rotatable bonds is 8. The second-order valence-corrected chi connectivity index (χ2v) is 11.7. The number of carbonyl (C=O) groups excluding carboxylic acids is 3. The predicted molar refractivity (Wildman–Crippen MR) is 143 cm³/mol. The summed E-state index contributed by atoms with van der Waals surface area (Å²) >= 11 is 0. The molecule has 1 spiro atoms.